The van der Waals surface area contributed by atoms with Gasteiger partial charge in [0.2, 0.25) is 5.82 Å². The van der Waals surface area contributed by atoms with Crippen LogP contribution in [0.15, 0.2) is 6.07 Å². The van der Waals surface area contributed by atoms with E-state index in [1.807, 2.05) is 0 Å². The first kappa shape index (κ1) is 13.1. The van der Waals surface area contributed by atoms with Gasteiger partial charge in [0.15, 0.2) is 11.5 Å². The van der Waals surface area contributed by atoms with Crippen LogP contribution in [-0.4, -0.2) is 25.9 Å². The van der Waals surface area contributed by atoms with Gasteiger partial charge in [-0.25, -0.2) is 0 Å². The van der Waals surface area contributed by atoms with Crippen LogP contribution < -0.4 is 9.47 Å². The Morgan fingerprint density at radius 3 is 2.44 bits per heavy atom. The molecular weight excluding hydrogens is 235 g/mol. The van der Waals surface area contributed by atoms with Crippen LogP contribution in [0.2, 0.25) is 5.02 Å². The van der Waals surface area contributed by atoms with Crippen LogP contribution in [0.5, 0.6) is 11.5 Å². The molecule has 1 rings (SSSR count). The summed E-state index contributed by atoms with van der Waals surface area (Å²) in [5.41, 5.74) is 0.625. The van der Waals surface area contributed by atoms with E-state index in [0.29, 0.717) is 18.4 Å². The Balaban J connectivity index is 3.18. The largest absolute Gasteiger partial charge is 0.493 e. The predicted octanol–water partition coefficient (Wildman–Crippen LogP) is 2.42. The third-order valence-electron chi connectivity index (χ3n) is 2.22. The number of hydrogen-bond donors (Lipinski definition) is 1. The van der Waals surface area contributed by atoms with E-state index in [9.17, 15) is 4.39 Å². The average Bonchev–Trinajstić information content (AvgIpc) is 2.26. The van der Waals surface area contributed by atoms with Crippen molar-refractivity contribution >= 4 is 11.6 Å². The lowest BCUT2D eigenvalue weighted by Crippen LogP contribution is -2.00. The monoisotopic (exact) mass is 248 g/mol. The van der Waals surface area contributed by atoms with Gasteiger partial charge in [-0.1, -0.05) is 11.6 Å². The molecule has 0 atom stereocenters. The molecule has 5 heteroatoms. The van der Waals surface area contributed by atoms with Crippen molar-refractivity contribution in [3.63, 3.8) is 0 Å². The van der Waals surface area contributed by atoms with E-state index in [4.69, 9.17) is 26.2 Å². The maximum atomic E-state index is 13.8. The Hall–Kier alpha value is -1.00. The van der Waals surface area contributed by atoms with Crippen LogP contribution >= 0.6 is 11.6 Å². The van der Waals surface area contributed by atoms with Crippen LogP contribution in [0, 0.1) is 5.82 Å². The summed E-state index contributed by atoms with van der Waals surface area (Å²) in [5, 5.41) is 8.94. The van der Waals surface area contributed by atoms with Crippen molar-refractivity contribution < 1.29 is 19.0 Å². The zero-order chi connectivity index (χ0) is 12.1. The zero-order valence-corrected chi connectivity index (χ0v) is 9.97. The van der Waals surface area contributed by atoms with Crippen molar-refractivity contribution in [3.8, 4) is 11.5 Å². The van der Waals surface area contributed by atoms with Crippen molar-refractivity contribution in [1.29, 1.82) is 0 Å². The second-order valence-electron chi connectivity index (χ2n) is 3.23. The molecule has 0 bridgehead atoms. The van der Waals surface area contributed by atoms with Gasteiger partial charge in [-0.05, 0) is 24.5 Å². The summed E-state index contributed by atoms with van der Waals surface area (Å²) in [4.78, 5) is 0. The van der Waals surface area contributed by atoms with Gasteiger partial charge in [-0.2, -0.15) is 4.39 Å². The topological polar surface area (TPSA) is 38.7 Å². The Morgan fingerprint density at radius 1 is 1.31 bits per heavy atom. The first-order chi connectivity index (χ1) is 7.65. The molecule has 0 radical (unpaired) electrons. The molecular formula is C11H14ClFO3. The fourth-order valence-corrected chi connectivity index (χ4v) is 1.79. The second kappa shape index (κ2) is 5.92. The number of ether oxygens (including phenoxy) is 2. The van der Waals surface area contributed by atoms with Crippen LogP contribution in [0.4, 0.5) is 4.39 Å². The maximum Gasteiger partial charge on any atom is 0.208 e. The van der Waals surface area contributed by atoms with E-state index in [1.165, 1.54) is 14.2 Å². The van der Waals surface area contributed by atoms with E-state index in [2.05, 4.69) is 0 Å². The number of halogens is 2. The van der Waals surface area contributed by atoms with E-state index in [-0.39, 0.29) is 23.1 Å². The van der Waals surface area contributed by atoms with Crippen LogP contribution in [0.1, 0.15) is 12.0 Å². The molecule has 1 aromatic rings. The number of benzene rings is 1. The summed E-state index contributed by atoms with van der Waals surface area (Å²) in [6, 6.07) is 1.60. The molecule has 0 fully saturated rings. The Kier molecular flexibility index (Phi) is 4.83. The molecule has 0 aliphatic carbocycles. The third kappa shape index (κ3) is 2.57. The van der Waals surface area contributed by atoms with Gasteiger partial charge in [0.1, 0.15) is 0 Å². The fourth-order valence-electron chi connectivity index (χ4n) is 1.50. The van der Waals surface area contributed by atoms with Gasteiger partial charge in [0.05, 0.1) is 19.2 Å². The van der Waals surface area contributed by atoms with Gasteiger partial charge in [-0.15, -0.1) is 0 Å². The van der Waals surface area contributed by atoms with E-state index < -0.39 is 5.82 Å². The van der Waals surface area contributed by atoms with Gasteiger partial charge in [0, 0.05) is 6.61 Å². The lowest BCUT2D eigenvalue weighted by Gasteiger charge is -2.13. The summed E-state index contributed by atoms with van der Waals surface area (Å²) in [6.45, 7) is 0.0361. The number of aliphatic hydroxyl groups excluding tert-OH is 1. The summed E-state index contributed by atoms with van der Waals surface area (Å²) >= 11 is 5.86. The van der Waals surface area contributed by atoms with Crippen molar-refractivity contribution in [2.75, 3.05) is 20.8 Å². The lowest BCUT2D eigenvalue weighted by molar-refractivity contribution is 0.287. The van der Waals surface area contributed by atoms with Crippen molar-refractivity contribution in [2.24, 2.45) is 0 Å². The molecule has 0 unspecified atom stereocenters. The highest BCUT2D eigenvalue weighted by molar-refractivity contribution is 6.32. The average molecular weight is 249 g/mol. The van der Waals surface area contributed by atoms with E-state index >= 15 is 0 Å². The quantitative estimate of drug-likeness (QED) is 0.870. The molecule has 0 saturated heterocycles. The second-order valence-corrected chi connectivity index (χ2v) is 3.63. The number of rotatable bonds is 5. The molecule has 0 heterocycles. The molecule has 0 aliphatic heterocycles. The summed E-state index contributed by atoms with van der Waals surface area (Å²) in [5.74, 6) is -0.508. The minimum Gasteiger partial charge on any atom is -0.493 e. The number of aliphatic hydroxyl groups is 1. The molecule has 0 saturated carbocycles. The Morgan fingerprint density at radius 2 is 1.94 bits per heavy atom. The van der Waals surface area contributed by atoms with Crippen molar-refractivity contribution in [1.82, 2.24) is 0 Å². The molecule has 0 spiro atoms. The molecule has 16 heavy (non-hydrogen) atoms. The Bertz CT molecular complexity index is 369. The predicted molar refractivity (Wildman–Crippen MR) is 59.9 cm³/mol. The zero-order valence-electron chi connectivity index (χ0n) is 9.22. The molecule has 0 amide bonds. The fraction of sp³-hybridized carbons (Fsp3) is 0.455. The number of aryl methyl sites for hydroxylation is 1. The van der Waals surface area contributed by atoms with Crippen molar-refractivity contribution in [3.05, 3.63) is 22.5 Å². The highest BCUT2D eigenvalue weighted by Gasteiger charge is 2.18. The molecule has 0 aromatic heterocycles. The van der Waals surface area contributed by atoms with Gasteiger partial charge in [-0.3, -0.25) is 0 Å². The van der Waals surface area contributed by atoms with Crippen LogP contribution in [-0.2, 0) is 6.42 Å². The van der Waals surface area contributed by atoms with Gasteiger partial charge in [0.25, 0.3) is 0 Å². The summed E-state index contributed by atoms with van der Waals surface area (Å²) in [6.07, 6.45) is 1.03. The summed E-state index contributed by atoms with van der Waals surface area (Å²) in [7, 11) is 2.73. The highest BCUT2D eigenvalue weighted by Crippen LogP contribution is 2.37. The third-order valence-corrected chi connectivity index (χ3v) is 2.50. The SMILES string of the molecule is COc1c(Cl)cc(CCCO)c(OC)c1F. The Labute approximate surface area is 98.7 Å². The first-order valence-corrected chi connectivity index (χ1v) is 5.23. The molecule has 0 aliphatic rings. The molecule has 90 valence electrons. The standard InChI is InChI=1S/C11H14ClFO3/c1-15-10-7(4-3-5-14)6-8(12)11(16-2)9(10)13/h6,14H,3-5H2,1-2H3. The minimum atomic E-state index is -0.606. The van der Waals surface area contributed by atoms with E-state index in [1.54, 1.807) is 6.07 Å². The smallest absolute Gasteiger partial charge is 0.208 e. The molecule has 1 aromatic carbocycles. The molecule has 3 nitrogen and oxygen atoms in total. The van der Waals surface area contributed by atoms with Crippen LogP contribution in [0.3, 0.4) is 0 Å². The minimum absolute atomic E-state index is 0.0220. The van der Waals surface area contributed by atoms with Gasteiger partial charge < -0.3 is 14.6 Å². The molecule has 1 N–H and O–H groups in total. The maximum absolute atomic E-state index is 13.8. The van der Waals surface area contributed by atoms with Gasteiger partial charge >= 0.3 is 0 Å². The summed E-state index contributed by atoms with van der Waals surface area (Å²) < 4.78 is 23.6. The number of methoxy groups -OCH3 is 2. The first-order valence-electron chi connectivity index (χ1n) is 4.85. The normalized spacial score (nSPS) is 10.3. The number of hydrogen-bond acceptors (Lipinski definition) is 3. The lowest BCUT2D eigenvalue weighted by atomic mass is 10.1. The van der Waals surface area contributed by atoms with Crippen molar-refractivity contribution in [2.45, 2.75) is 12.8 Å². The van der Waals surface area contributed by atoms with Crippen LogP contribution in [0.25, 0.3) is 0 Å². The highest BCUT2D eigenvalue weighted by atomic mass is 35.5. The van der Waals surface area contributed by atoms with E-state index in [0.717, 1.165) is 0 Å².